The van der Waals surface area contributed by atoms with Gasteiger partial charge in [-0.05, 0) is 35.5 Å². The first-order chi connectivity index (χ1) is 8.37. The van der Waals surface area contributed by atoms with Gasteiger partial charge in [-0.1, -0.05) is 15.9 Å². The zero-order valence-electron chi connectivity index (χ0n) is 9.06. The monoisotopic (exact) mass is 360 g/mol. The summed E-state index contributed by atoms with van der Waals surface area (Å²) in [6.45, 7) is 0. The molecule has 1 rings (SSSR count). The van der Waals surface area contributed by atoms with Crippen LogP contribution in [0, 0.1) is 0 Å². The third-order valence-electron chi connectivity index (χ3n) is 2.08. The second-order valence-electron chi connectivity index (χ2n) is 3.36. The van der Waals surface area contributed by atoms with Crippen LogP contribution in [0.4, 0.5) is 13.2 Å². The number of halogens is 5. The third-order valence-corrected chi connectivity index (χ3v) is 3.59. The van der Waals surface area contributed by atoms with Crippen molar-refractivity contribution in [1.29, 1.82) is 0 Å². The second kappa shape index (κ2) is 6.82. The van der Waals surface area contributed by atoms with Crippen LogP contribution >= 0.6 is 39.3 Å². The number of carbonyl (C=O) groups excluding carboxylic acids is 1. The number of hydrogen-bond donors (Lipinski definition) is 0. The van der Waals surface area contributed by atoms with Gasteiger partial charge in [-0.3, -0.25) is 4.79 Å². The number of hydrogen-bond acceptors (Lipinski definition) is 2. The first kappa shape index (κ1) is 15.9. The molecule has 7 heteroatoms. The van der Waals surface area contributed by atoms with E-state index in [-0.39, 0.29) is 34.7 Å². The SMILES string of the molecule is O=C(CCCl)c1ccc(SC(F)(F)F)cc1CBr. The highest BCUT2D eigenvalue weighted by molar-refractivity contribution is 9.08. The molecule has 100 valence electrons. The fourth-order valence-corrected chi connectivity index (χ4v) is 2.61. The van der Waals surface area contributed by atoms with Crippen LogP contribution in [0.3, 0.4) is 0 Å². The fourth-order valence-electron chi connectivity index (χ4n) is 1.37. The van der Waals surface area contributed by atoms with Crippen molar-refractivity contribution in [2.24, 2.45) is 0 Å². The molecule has 0 spiro atoms. The maximum absolute atomic E-state index is 12.2. The van der Waals surface area contributed by atoms with Crippen LogP contribution in [0.25, 0.3) is 0 Å². The van der Waals surface area contributed by atoms with E-state index in [1.54, 1.807) is 0 Å². The van der Waals surface area contributed by atoms with Crippen LogP contribution < -0.4 is 0 Å². The van der Waals surface area contributed by atoms with E-state index in [2.05, 4.69) is 15.9 Å². The Morgan fingerprint density at radius 2 is 2.06 bits per heavy atom. The van der Waals surface area contributed by atoms with Gasteiger partial charge in [0.1, 0.15) is 0 Å². The smallest absolute Gasteiger partial charge is 0.294 e. The van der Waals surface area contributed by atoms with E-state index in [4.69, 9.17) is 11.6 Å². The van der Waals surface area contributed by atoms with Crippen LogP contribution in [0.1, 0.15) is 22.3 Å². The van der Waals surface area contributed by atoms with Crippen molar-refractivity contribution < 1.29 is 18.0 Å². The summed E-state index contributed by atoms with van der Waals surface area (Å²) in [5.74, 6) is 0.0302. The molecule has 1 aromatic rings. The van der Waals surface area contributed by atoms with Gasteiger partial charge in [0.15, 0.2) is 5.78 Å². The minimum Gasteiger partial charge on any atom is -0.294 e. The number of Topliss-reactive ketones (excluding diaryl/α,β-unsaturated/α-hetero) is 1. The van der Waals surface area contributed by atoms with Gasteiger partial charge in [-0.25, -0.2) is 0 Å². The number of alkyl halides is 5. The Balaban J connectivity index is 3.00. The van der Waals surface area contributed by atoms with E-state index >= 15 is 0 Å². The average Bonchev–Trinajstić information content (AvgIpc) is 2.27. The highest BCUT2D eigenvalue weighted by atomic mass is 79.9. The topological polar surface area (TPSA) is 17.1 Å². The summed E-state index contributed by atoms with van der Waals surface area (Å²) in [6.07, 6.45) is 0.174. The van der Waals surface area contributed by atoms with Gasteiger partial charge in [0, 0.05) is 28.1 Å². The quantitative estimate of drug-likeness (QED) is 0.417. The Morgan fingerprint density at radius 1 is 1.39 bits per heavy atom. The van der Waals surface area contributed by atoms with E-state index in [1.807, 2.05) is 0 Å². The molecule has 0 saturated heterocycles. The molecule has 0 aliphatic rings. The van der Waals surface area contributed by atoms with Gasteiger partial charge in [-0.2, -0.15) is 13.2 Å². The largest absolute Gasteiger partial charge is 0.446 e. The molecular weight excluding hydrogens is 353 g/mol. The molecule has 0 fully saturated rings. The van der Waals surface area contributed by atoms with Gasteiger partial charge in [0.2, 0.25) is 0 Å². The molecule has 0 N–H and O–H groups in total. The molecule has 0 atom stereocenters. The minimum absolute atomic E-state index is 0.0689. The summed E-state index contributed by atoms with van der Waals surface area (Å²) in [7, 11) is 0. The first-order valence-corrected chi connectivity index (χ1v) is 7.38. The Bertz CT molecular complexity index is 437. The lowest BCUT2D eigenvalue weighted by molar-refractivity contribution is -0.0328. The lowest BCUT2D eigenvalue weighted by atomic mass is 10.0. The highest BCUT2D eigenvalue weighted by Crippen LogP contribution is 2.37. The lowest BCUT2D eigenvalue weighted by Crippen LogP contribution is -2.05. The lowest BCUT2D eigenvalue weighted by Gasteiger charge is -2.10. The predicted octanol–water partition coefficient (Wildman–Crippen LogP) is 5.01. The van der Waals surface area contributed by atoms with Crippen LogP contribution in [-0.2, 0) is 5.33 Å². The molecule has 0 aromatic heterocycles. The van der Waals surface area contributed by atoms with Crippen LogP contribution in [0.15, 0.2) is 23.1 Å². The van der Waals surface area contributed by atoms with Crippen LogP contribution in [0.2, 0.25) is 0 Å². The van der Waals surface area contributed by atoms with E-state index in [1.165, 1.54) is 18.2 Å². The Labute approximate surface area is 120 Å². The number of thioether (sulfide) groups is 1. The zero-order valence-corrected chi connectivity index (χ0v) is 12.2. The predicted molar refractivity (Wildman–Crippen MR) is 70.7 cm³/mol. The molecule has 1 nitrogen and oxygen atoms in total. The molecule has 0 radical (unpaired) electrons. The third kappa shape index (κ3) is 4.82. The van der Waals surface area contributed by atoms with Crippen molar-refractivity contribution >= 4 is 45.1 Å². The first-order valence-electron chi connectivity index (χ1n) is 4.91. The van der Waals surface area contributed by atoms with E-state index in [0.29, 0.717) is 16.5 Å². The Kier molecular flexibility index (Phi) is 6.01. The fraction of sp³-hybridized carbons (Fsp3) is 0.364. The highest BCUT2D eigenvalue weighted by Gasteiger charge is 2.29. The molecule has 0 amide bonds. The van der Waals surface area contributed by atoms with Crippen molar-refractivity contribution in [1.82, 2.24) is 0 Å². The van der Waals surface area contributed by atoms with Crippen LogP contribution in [0.5, 0.6) is 0 Å². The maximum Gasteiger partial charge on any atom is 0.446 e. The summed E-state index contributed by atoms with van der Waals surface area (Å²) < 4.78 is 36.7. The second-order valence-corrected chi connectivity index (χ2v) is 5.44. The Hall–Kier alpha value is -0.200. The van der Waals surface area contributed by atoms with Gasteiger partial charge in [0.25, 0.3) is 0 Å². The molecule has 18 heavy (non-hydrogen) atoms. The maximum atomic E-state index is 12.2. The van der Waals surface area contributed by atoms with Crippen LogP contribution in [-0.4, -0.2) is 17.2 Å². The van der Waals surface area contributed by atoms with Crippen molar-refractivity contribution in [3.05, 3.63) is 29.3 Å². The molecule has 0 bridgehead atoms. The number of carbonyl (C=O) groups is 1. The van der Waals surface area contributed by atoms with Gasteiger partial charge in [0.05, 0.1) is 0 Å². The summed E-state index contributed by atoms with van der Waals surface area (Å²) in [5.41, 5.74) is -3.37. The Morgan fingerprint density at radius 3 is 2.56 bits per heavy atom. The zero-order chi connectivity index (χ0) is 13.8. The van der Waals surface area contributed by atoms with Gasteiger partial charge >= 0.3 is 5.51 Å². The van der Waals surface area contributed by atoms with Crippen molar-refractivity contribution in [3.8, 4) is 0 Å². The van der Waals surface area contributed by atoms with E-state index in [9.17, 15) is 18.0 Å². The van der Waals surface area contributed by atoms with Crippen molar-refractivity contribution in [2.45, 2.75) is 22.2 Å². The minimum atomic E-state index is -4.33. The molecule has 0 aliphatic heterocycles. The van der Waals surface area contributed by atoms with Crippen molar-refractivity contribution in [2.75, 3.05) is 5.88 Å². The van der Waals surface area contributed by atoms with Crippen molar-refractivity contribution in [3.63, 3.8) is 0 Å². The molecular formula is C11H9BrClF3OS. The normalized spacial score (nSPS) is 11.6. The average molecular weight is 362 g/mol. The molecule has 0 aliphatic carbocycles. The number of rotatable bonds is 5. The van der Waals surface area contributed by atoms with E-state index < -0.39 is 5.51 Å². The van der Waals surface area contributed by atoms with E-state index in [0.717, 1.165) is 0 Å². The standard InChI is InChI=1S/C11H9BrClF3OS/c12-6-7-5-8(18-11(14,15)16)1-2-9(7)10(17)3-4-13/h1-2,5H,3-4,6H2. The number of benzene rings is 1. The van der Waals surface area contributed by atoms with Gasteiger partial charge in [-0.15, -0.1) is 11.6 Å². The number of ketones is 1. The molecule has 0 heterocycles. The molecule has 0 unspecified atom stereocenters. The molecule has 0 saturated carbocycles. The summed E-state index contributed by atoms with van der Waals surface area (Å²) in [4.78, 5) is 11.8. The molecule has 1 aromatic carbocycles. The summed E-state index contributed by atoms with van der Waals surface area (Å²) >= 11 is 8.45. The van der Waals surface area contributed by atoms with Gasteiger partial charge < -0.3 is 0 Å². The summed E-state index contributed by atoms with van der Waals surface area (Å²) in [6, 6.07) is 4.08. The summed E-state index contributed by atoms with van der Waals surface area (Å²) in [5, 5.41) is 0.322.